The van der Waals surface area contributed by atoms with Crippen LogP contribution in [0.15, 0.2) is 59.2 Å². The second kappa shape index (κ2) is 9.64. The van der Waals surface area contributed by atoms with E-state index in [0.29, 0.717) is 0 Å². The second-order valence-corrected chi connectivity index (χ2v) is 7.80. The third kappa shape index (κ3) is 5.29. The summed E-state index contributed by atoms with van der Waals surface area (Å²) in [7, 11) is 0. The molecule has 0 aliphatic heterocycles. The van der Waals surface area contributed by atoms with Crippen molar-refractivity contribution in [3.05, 3.63) is 76.3 Å². The molecule has 0 bridgehead atoms. The van der Waals surface area contributed by atoms with Crippen molar-refractivity contribution in [1.29, 1.82) is 0 Å². The highest BCUT2D eigenvalue weighted by molar-refractivity contribution is 9.10. The Balaban J connectivity index is 1.72. The molecule has 0 fully saturated rings. The molecular weight excluding hydrogens is 414 g/mol. The molecule has 0 atom stereocenters. The Bertz CT molecular complexity index is 884. The maximum atomic E-state index is 4.68. The van der Waals surface area contributed by atoms with Crippen molar-refractivity contribution in [2.45, 2.75) is 33.2 Å². The Morgan fingerprint density at radius 3 is 2.46 bits per heavy atom. The number of hydrogen-bond donors (Lipinski definition) is 1. The van der Waals surface area contributed by atoms with Crippen LogP contribution in [0.4, 0.5) is 11.6 Å². The number of hydrogen-bond acceptors (Lipinski definition) is 5. The molecule has 146 valence electrons. The number of aromatic nitrogens is 3. The number of nitrogens with one attached hydrogen (secondary N) is 1. The number of rotatable bonds is 8. The van der Waals surface area contributed by atoms with Gasteiger partial charge in [-0.2, -0.15) is 0 Å². The van der Waals surface area contributed by atoms with Crippen molar-refractivity contribution < 1.29 is 0 Å². The molecule has 0 spiro atoms. The van der Waals surface area contributed by atoms with Crippen LogP contribution in [0, 0.1) is 6.92 Å². The van der Waals surface area contributed by atoms with Crippen molar-refractivity contribution in [2.75, 3.05) is 23.3 Å². The van der Waals surface area contributed by atoms with E-state index in [1.165, 1.54) is 5.56 Å². The lowest BCUT2D eigenvalue weighted by Crippen LogP contribution is -2.29. The van der Waals surface area contributed by atoms with Crippen LogP contribution in [0.2, 0.25) is 0 Å². The average Bonchev–Trinajstić information content (AvgIpc) is 2.71. The summed E-state index contributed by atoms with van der Waals surface area (Å²) >= 11 is 3.62. The van der Waals surface area contributed by atoms with E-state index in [-0.39, 0.29) is 5.92 Å². The monoisotopic (exact) mass is 439 g/mol. The Kier molecular flexibility index (Phi) is 6.98. The minimum Gasteiger partial charge on any atom is -0.367 e. The molecule has 5 nitrogen and oxygen atoms in total. The first-order valence-corrected chi connectivity index (χ1v) is 10.3. The van der Waals surface area contributed by atoms with Crippen LogP contribution in [0.3, 0.4) is 0 Å². The molecule has 1 aromatic carbocycles. The zero-order valence-electron chi connectivity index (χ0n) is 16.6. The molecule has 1 N–H and O–H groups in total. The molecule has 2 aromatic heterocycles. The third-order valence-corrected chi connectivity index (χ3v) is 5.36. The maximum absolute atomic E-state index is 4.68. The molecule has 3 aromatic rings. The summed E-state index contributed by atoms with van der Waals surface area (Å²) in [5.41, 5.74) is 2.21. The molecular formula is C22H26BrN5. The standard InChI is InChI=1S/C22H26BrN5/c1-16(2)21-26-17(3)20(23)22(27-21)25-13-14-28(19-11-7-8-12-24-19)15-18-9-5-4-6-10-18/h4-12,16H,13-15H2,1-3H3,(H,25,26,27). The lowest BCUT2D eigenvalue weighted by atomic mass is 10.2. The molecule has 0 saturated heterocycles. The van der Waals surface area contributed by atoms with E-state index in [2.05, 4.69) is 79.2 Å². The number of halogens is 1. The Morgan fingerprint density at radius 1 is 1.04 bits per heavy atom. The van der Waals surface area contributed by atoms with Gasteiger partial charge in [0.1, 0.15) is 17.5 Å². The van der Waals surface area contributed by atoms with Gasteiger partial charge in [-0.25, -0.2) is 15.0 Å². The maximum Gasteiger partial charge on any atom is 0.144 e. The predicted octanol–water partition coefficient (Wildman–Crippen LogP) is 5.18. The van der Waals surface area contributed by atoms with E-state index in [0.717, 1.165) is 47.3 Å². The number of anilines is 2. The number of benzene rings is 1. The van der Waals surface area contributed by atoms with Crippen molar-refractivity contribution in [2.24, 2.45) is 0 Å². The van der Waals surface area contributed by atoms with Gasteiger partial charge in [-0.1, -0.05) is 50.2 Å². The first-order chi connectivity index (χ1) is 13.5. The van der Waals surface area contributed by atoms with Gasteiger partial charge < -0.3 is 10.2 Å². The molecule has 0 radical (unpaired) electrons. The van der Waals surface area contributed by atoms with Gasteiger partial charge in [0.2, 0.25) is 0 Å². The van der Waals surface area contributed by atoms with Crippen molar-refractivity contribution >= 4 is 27.6 Å². The minimum absolute atomic E-state index is 0.287. The van der Waals surface area contributed by atoms with Gasteiger partial charge in [0.25, 0.3) is 0 Å². The summed E-state index contributed by atoms with van der Waals surface area (Å²) < 4.78 is 0.921. The highest BCUT2D eigenvalue weighted by atomic mass is 79.9. The molecule has 2 heterocycles. The van der Waals surface area contributed by atoms with Gasteiger partial charge >= 0.3 is 0 Å². The fraction of sp³-hybridized carbons (Fsp3) is 0.318. The molecule has 0 aliphatic rings. The zero-order chi connectivity index (χ0) is 19.9. The van der Waals surface area contributed by atoms with E-state index >= 15 is 0 Å². The summed E-state index contributed by atoms with van der Waals surface area (Å²) in [6.45, 7) is 8.57. The van der Waals surface area contributed by atoms with Gasteiger partial charge in [0, 0.05) is 31.7 Å². The van der Waals surface area contributed by atoms with E-state index in [4.69, 9.17) is 0 Å². The van der Waals surface area contributed by atoms with E-state index in [1.54, 1.807) is 0 Å². The smallest absolute Gasteiger partial charge is 0.144 e. The highest BCUT2D eigenvalue weighted by Crippen LogP contribution is 2.25. The Hall–Kier alpha value is -2.47. The Labute approximate surface area is 175 Å². The van der Waals surface area contributed by atoms with Crippen molar-refractivity contribution in [1.82, 2.24) is 15.0 Å². The fourth-order valence-electron chi connectivity index (χ4n) is 2.88. The van der Waals surface area contributed by atoms with Crippen LogP contribution in [0.5, 0.6) is 0 Å². The van der Waals surface area contributed by atoms with E-state index < -0.39 is 0 Å². The lowest BCUT2D eigenvalue weighted by molar-refractivity contribution is 0.758. The number of pyridine rings is 1. The molecule has 0 unspecified atom stereocenters. The van der Waals surface area contributed by atoms with Gasteiger partial charge in [0.05, 0.1) is 10.2 Å². The van der Waals surface area contributed by atoms with E-state index in [1.807, 2.05) is 37.4 Å². The molecule has 0 aliphatic carbocycles. The summed E-state index contributed by atoms with van der Waals surface area (Å²) in [4.78, 5) is 16.0. The second-order valence-electron chi connectivity index (χ2n) is 7.01. The average molecular weight is 440 g/mol. The summed E-state index contributed by atoms with van der Waals surface area (Å²) in [5, 5.41) is 3.47. The first-order valence-electron chi connectivity index (χ1n) is 9.52. The van der Waals surface area contributed by atoms with E-state index in [9.17, 15) is 0 Å². The summed E-state index contributed by atoms with van der Waals surface area (Å²) in [6.07, 6.45) is 1.83. The zero-order valence-corrected chi connectivity index (χ0v) is 18.1. The van der Waals surface area contributed by atoms with Gasteiger partial charge in [-0.15, -0.1) is 0 Å². The third-order valence-electron chi connectivity index (χ3n) is 4.41. The van der Waals surface area contributed by atoms with Crippen LogP contribution in [0.25, 0.3) is 0 Å². The molecule has 28 heavy (non-hydrogen) atoms. The molecule has 0 saturated carbocycles. The minimum atomic E-state index is 0.287. The van der Waals surface area contributed by atoms with Crippen molar-refractivity contribution in [3.63, 3.8) is 0 Å². The van der Waals surface area contributed by atoms with Gasteiger partial charge in [-0.05, 0) is 40.5 Å². The summed E-state index contributed by atoms with van der Waals surface area (Å²) in [5.74, 6) is 2.95. The fourth-order valence-corrected chi connectivity index (χ4v) is 3.20. The van der Waals surface area contributed by atoms with Crippen molar-refractivity contribution in [3.8, 4) is 0 Å². The van der Waals surface area contributed by atoms with Gasteiger partial charge in [-0.3, -0.25) is 0 Å². The predicted molar refractivity (Wildman–Crippen MR) is 119 cm³/mol. The molecule has 6 heteroatoms. The van der Waals surface area contributed by atoms with Crippen LogP contribution in [-0.4, -0.2) is 28.0 Å². The lowest BCUT2D eigenvalue weighted by Gasteiger charge is -2.24. The highest BCUT2D eigenvalue weighted by Gasteiger charge is 2.13. The quantitative estimate of drug-likeness (QED) is 0.523. The Morgan fingerprint density at radius 2 is 1.79 bits per heavy atom. The topological polar surface area (TPSA) is 53.9 Å². The molecule has 0 amide bonds. The first kappa shape index (κ1) is 20.3. The van der Waals surface area contributed by atoms with Gasteiger partial charge in [0.15, 0.2) is 0 Å². The van der Waals surface area contributed by atoms with Crippen LogP contribution in [0.1, 0.15) is 36.8 Å². The SMILES string of the molecule is Cc1nc(C(C)C)nc(NCCN(Cc2ccccc2)c2ccccn2)c1Br. The van der Waals surface area contributed by atoms with Crippen LogP contribution < -0.4 is 10.2 Å². The molecule has 3 rings (SSSR count). The normalized spacial score (nSPS) is 10.9. The van der Waals surface area contributed by atoms with Crippen LogP contribution in [-0.2, 0) is 6.54 Å². The number of aryl methyl sites for hydroxylation is 1. The largest absolute Gasteiger partial charge is 0.367 e. The van der Waals surface area contributed by atoms with Crippen LogP contribution >= 0.6 is 15.9 Å². The number of nitrogens with zero attached hydrogens (tertiary/aromatic N) is 4. The summed E-state index contributed by atoms with van der Waals surface area (Å²) in [6, 6.07) is 16.5.